The van der Waals surface area contributed by atoms with E-state index in [1.54, 1.807) is 0 Å². The first-order chi connectivity index (χ1) is 5.62. The van der Waals surface area contributed by atoms with Gasteiger partial charge in [-0.15, -0.1) is 0 Å². The van der Waals surface area contributed by atoms with E-state index in [1.165, 1.54) is 32.1 Å². The molecule has 0 unspecified atom stereocenters. The molecule has 74 valence electrons. The topological polar surface area (TPSA) is 9.23 Å². The van der Waals surface area contributed by atoms with Crippen LogP contribution in [0.2, 0.25) is 0 Å². The van der Waals surface area contributed by atoms with Crippen LogP contribution in [0.1, 0.15) is 59.3 Å². The van der Waals surface area contributed by atoms with Crippen molar-refractivity contribution in [2.45, 2.75) is 64.9 Å². The molecule has 0 fully saturated rings. The minimum absolute atomic E-state index is 0.145. The molecule has 0 heterocycles. The zero-order valence-corrected chi connectivity index (χ0v) is 9.28. The summed E-state index contributed by atoms with van der Waals surface area (Å²) in [6.45, 7) is 6.28. The Morgan fingerprint density at radius 2 is 1.67 bits per heavy atom. The Kier molecular flexibility index (Phi) is 6.87. The summed E-state index contributed by atoms with van der Waals surface area (Å²) in [7, 11) is 0. The van der Waals surface area contributed by atoms with Gasteiger partial charge in [0.05, 0.1) is 17.5 Å². The third kappa shape index (κ3) is 6.93. The van der Waals surface area contributed by atoms with Gasteiger partial charge in [0.1, 0.15) is 0 Å². The minimum Gasteiger partial charge on any atom is -0.273 e. The molecule has 0 N–H and O–H groups in total. The molecule has 0 aliphatic carbocycles. The fourth-order valence-electron chi connectivity index (χ4n) is 1.19. The summed E-state index contributed by atoms with van der Waals surface area (Å²) in [6, 6.07) is 0. The van der Waals surface area contributed by atoms with Gasteiger partial charge in [-0.1, -0.05) is 39.0 Å². The normalized spacial score (nSPS) is 12.0. The highest BCUT2D eigenvalue weighted by atomic mass is 35.5. The van der Waals surface area contributed by atoms with Crippen molar-refractivity contribution in [1.29, 1.82) is 0 Å². The highest BCUT2D eigenvalue weighted by Crippen LogP contribution is 2.20. The summed E-state index contributed by atoms with van der Waals surface area (Å²) < 4.78 is 4.82. The van der Waals surface area contributed by atoms with Crippen LogP contribution >= 0.6 is 11.9 Å². The van der Waals surface area contributed by atoms with Gasteiger partial charge in [-0.25, -0.2) is 0 Å². The molecule has 0 spiro atoms. The molecule has 0 saturated carbocycles. The maximum absolute atomic E-state index is 5.33. The SMILES string of the molecule is CCCCCCCC(C)(C)OCl. The highest BCUT2D eigenvalue weighted by Gasteiger charge is 2.16. The van der Waals surface area contributed by atoms with Gasteiger partial charge in [0, 0.05) is 0 Å². The molecule has 0 atom stereocenters. The highest BCUT2D eigenvalue weighted by molar-refractivity contribution is 6.07. The maximum atomic E-state index is 5.33. The van der Waals surface area contributed by atoms with Gasteiger partial charge in [0.15, 0.2) is 0 Å². The molecular weight excluding hydrogens is 172 g/mol. The average Bonchev–Trinajstić information content (AvgIpc) is 2.04. The summed E-state index contributed by atoms with van der Waals surface area (Å²) in [5.41, 5.74) is -0.145. The Morgan fingerprint density at radius 1 is 1.08 bits per heavy atom. The van der Waals surface area contributed by atoms with E-state index in [1.807, 2.05) is 13.8 Å². The molecule has 2 heteroatoms. The summed E-state index contributed by atoms with van der Waals surface area (Å²) in [5.74, 6) is 0. The molecule has 1 nitrogen and oxygen atoms in total. The Labute approximate surface area is 81.6 Å². The third-order valence-corrected chi connectivity index (χ3v) is 2.51. The van der Waals surface area contributed by atoms with Crippen LogP contribution < -0.4 is 0 Å². The lowest BCUT2D eigenvalue weighted by atomic mass is 10.0. The van der Waals surface area contributed by atoms with Crippen molar-refractivity contribution in [3.63, 3.8) is 0 Å². The Hall–Kier alpha value is 0.250. The monoisotopic (exact) mass is 192 g/mol. The summed E-state index contributed by atoms with van der Waals surface area (Å²) in [6.07, 6.45) is 7.57. The predicted molar refractivity (Wildman–Crippen MR) is 54.4 cm³/mol. The van der Waals surface area contributed by atoms with E-state index in [2.05, 4.69) is 6.92 Å². The molecule has 0 aromatic carbocycles. The minimum atomic E-state index is -0.145. The van der Waals surface area contributed by atoms with E-state index in [9.17, 15) is 0 Å². The van der Waals surface area contributed by atoms with E-state index in [0.29, 0.717) is 0 Å². The summed E-state index contributed by atoms with van der Waals surface area (Å²) in [4.78, 5) is 0. The molecule has 0 aliphatic rings. The van der Waals surface area contributed by atoms with Gasteiger partial charge < -0.3 is 0 Å². The van der Waals surface area contributed by atoms with Crippen LogP contribution in [0.25, 0.3) is 0 Å². The molecule has 12 heavy (non-hydrogen) atoms. The smallest absolute Gasteiger partial charge is 0.0841 e. The van der Waals surface area contributed by atoms with Crippen molar-refractivity contribution in [3.05, 3.63) is 0 Å². The van der Waals surface area contributed by atoms with Crippen molar-refractivity contribution < 1.29 is 4.29 Å². The zero-order chi connectivity index (χ0) is 9.45. The quantitative estimate of drug-likeness (QED) is 0.547. The first-order valence-electron chi connectivity index (χ1n) is 4.92. The number of unbranched alkanes of at least 4 members (excludes halogenated alkanes) is 4. The summed E-state index contributed by atoms with van der Waals surface area (Å²) in [5, 5.41) is 0. The van der Waals surface area contributed by atoms with Gasteiger partial charge >= 0.3 is 0 Å². The van der Waals surface area contributed by atoms with Gasteiger partial charge in [-0.2, -0.15) is 0 Å². The van der Waals surface area contributed by atoms with Crippen LogP contribution in [0, 0.1) is 0 Å². The lowest BCUT2D eigenvalue weighted by Gasteiger charge is -2.19. The summed E-state index contributed by atoms with van der Waals surface area (Å²) >= 11 is 5.33. The molecule has 0 saturated heterocycles. The number of halogens is 1. The molecule has 0 aliphatic heterocycles. The van der Waals surface area contributed by atoms with Crippen molar-refractivity contribution in [2.75, 3.05) is 0 Å². The number of hydrogen-bond donors (Lipinski definition) is 0. The number of rotatable bonds is 7. The lowest BCUT2D eigenvalue weighted by molar-refractivity contribution is 0.110. The molecule has 0 rings (SSSR count). The molecule has 0 radical (unpaired) electrons. The first kappa shape index (κ1) is 12.2. The van der Waals surface area contributed by atoms with E-state index < -0.39 is 0 Å². The van der Waals surface area contributed by atoms with Crippen molar-refractivity contribution in [1.82, 2.24) is 0 Å². The fourth-order valence-corrected chi connectivity index (χ4v) is 1.27. The van der Waals surface area contributed by atoms with Crippen molar-refractivity contribution >= 4 is 11.9 Å². The van der Waals surface area contributed by atoms with Gasteiger partial charge in [-0.3, -0.25) is 4.29 Å². The Bertz CT molecular complexity index is 102. The molecule has 0 bridgehead atoms. The van der Waals surface area contributed by atoms with Crippen molar-refractivity contribution in [3.8, 4) is 0 Å². The van der Waals surface area contributed by atoms with Crippen molar-refractivity contribution in [2.24, 2.45) is 0 Å². The number of hydrogen-bond acceptors (Lipinski definition) is 1. The third-order valence-electron chi connectivity index (χ3n) is 2.09. The molecule has 0 aromatic heterocycles. The molecule has 0 aromatic rings. The van der Waals surface area contributed by atoms with Gasteiger partial charge in [0.2, 0.25) is 0 Å². The first-order valence-corrected chi connectivity index (χ1v) is 5.23. The largest absolute Gasteiger partial charge is 0.273 e. The van der Waals surface area contributed by atoms with Gasteiger partial charge in [-0.05, 0) is 20.3 Å². The van der Waals surface area contributed by atoms with Crippen LogP contribution in [0.3, 0.4) is 0 Å². The van der Waals surface area contributed by atoms with E-state index in [0.717, 1.165) is 6.42 Å². The van der Waals surface area contributed by atoms with Crippen LogP contribution in [-0.2, 0) is 4.29 Å². The second-order valence-corrected chi connectivity index (χ2v) is 4.16. The van der Waals surface area contributed by atoms with Crippen LogP contribution in [0.15, 0.2) is 0 Å². The standard InChI is InChI=1S/C10H21ClO/c1-4-5-6-7-8-9-10(2,3)12-11/h4-9H2,1-3H3. The molecular formula is C10H21ClO. The predicted octanol–water partition coefficient (Wildman–Crippen LogP) is 4.30. The van der Waals surface area contributed by atoms with Gasteiger partial charge in [0.25, 0.3) is 0 Å². The Balaban J connectivity index is 3.19. The van der Waals surface area contributed by atoms with E-state index >= 15 is 0 Å². The zero-order valence-electron chi connectivity index (χ0n) is 8.53. The maximum Gasteiger partial charge on any atom is 0.0841 e. The van der Waals surface area contributed by atoms with E-state index in [4.69, 9.17) is 16.2 Å². The average molecular weight is 193 g/mol. The second kappa shape index (κ2) is 6.73. The van der Waals surface area contributed by atoms with Crippen LogP contribution in [-0.4, -0.2) is 5.60 Å². The fraction of sp³-hybridized carbons (Fsp3) is 1.00. The van der Waals surface area contributed by atoms with Crippen LogP contribution in [0.5, 0.6) is 0 Å². The second-order valence-electron chi connectivity index (χ2n) is 4.00. The molecule has 0 amide bonds. The Morgan fingerprint density at radius 3 is 2.17 bits per heavy atom. The van der Waals surface area contributed by atoms with Crippen LogP contribution in [0.4, 0.5) is 0 Å². The van der Waals surface area contributed by atoms with E-state index in [-0.39, 0.29) is 5.60 Å². The lowest BCUT2D eigenvalue weighted by Crippen LogP contribution is -2.19.